The van der Waals surface area contributed by atoms with Crippen LogP contribution in [0.15, 0.2) is 194 Å². The number of rotatable bonds is 0. The Kier molecular flexibility index (Phi) is 18.8. The molecule has 0 atom stereocenters. The lowest BCUT2D eigenvalue weighted by Gasteiger charge is -1.98. The number of benzene rings is 8. The molecule has 0 fully saturated rings. The van der Waals surface area contributed by atoms with E-state index in [1.165, 1.54) is 101 Å². The zero-order valence-corrected chi connectivity index (χ0v) is 40.2. The van der Waals surface area contributed by atoms with Gasteiger partial charge in [0.2, 0.25) is 0 Å². The van der Waals surface area contributed by atoms with Crippen molar-refractivity contribution in [2.45, 2.75) is 81.1 Å². The minimum absolute atomic E-state index is 1.10. The third-order valence-corrected chi connectivity index (χ3v) is 11.1. The molecule has 0 aliphatic heterocycles. The average molecular weight is 843 g/mol. The third kappa shape index (κ3) is 11.1. The molecule has 2 aliphatic carbocycles. The zero-order chi connectivity index (χ0) is 45.8. The predicted octanol–water partition coefficient (Wildman–Crippen LogP) is 18.1. The standard InChI is InChI=1S/2C13H11N.2C13H10.2C3H8.2C2H6/c2*1-14-12-8-4-2-6-10(12)11-7-3-5-9-13(11)14;2*1-3-7-12-10(5-1)9-11-6-2-4-8-13(11)12;2*1-3-2;2*1-2/h2*2-9H,1H3;2*1-8H,9H2;2*3H2,1-2H3;2*1-2H3. The lowest BCUT2D eigenvalue weighted by molar-refractivity contribution is 1.01. The Labute approximate surface area is 384 Å². The van der Waals surface area contributed by atoms with Gasteiger partial charge in [-0.25, -0.2) is 0 Å². The molecule has 0 saturated carbocycles. The zero-order valence-electron chi connectivity index (χ0n) is 40.2. The number of hydrogen-bond donors (Lipinski definition) is 0. The van der Waals surface area contributed by atoms with Gasteiger partial charge in [0.05, 0.1) is 0 Å². The highest BCUT2D eigenvalue weighted by atomic mass is 14.9. The van der Waals surface area contributed by atoms with E-state index in [0.29, 0.717) is 0 Å². The fourth-order valence-corrected chi connectivity index (χ4v) is 8.39. The molecule has 12 rings (SSSR count). The summed E-state index contributed by atoms with van der Waals surface area (Å²) < 4.78 is 4.48. The monoisotopic (exact) mass is 843 g/mol. The van der Waals surface area contributed by atoms with Crippen LogP contribution in [-0.4, -0.2) is 9.13 Å². The van der Waals surface area contributed by atoms with Crippen molar-refractivity contribution >= 4 is 43.6 Å². The number of para-hydroxylation sites is 4. The second-order valence-electron chi connectivity index (χ2n) is 15.6. The van der Waals surface area contributed by atoms with Crippen molar-refractivity contribution in [1.82, 2.24) is 9.13 Å². The van der Waals surface area contributed by atoms with Crippen LogP contribution in [0.3, 0.4) is 0 Å². The van der Waals surface area contributed by atoms with E-state index >= 15 is 0 Å². The number of aryl methyl sites for hydroxylation is 2. The summed E-state index contributed by atoms with van der Waals surface area (Å²) in [5.74, 6) is 0. The minimum Gasteiger partial charge on any atom is -0.344 e. The molecule has 0 radical (unpaired) electrons. The number of aromatic nitrogens is 2. The van der Waals surface area contributed by atoms with Crippen LogP contribution in [0.5, 0.6) is 0 Å². The first-order valence-corrected chi connectivity index (χ1v) is 23.7. The van der Waals surface area contributed by atoms with Gasteiger partial charge in [-0.15, -0.1) is 0 Å². The molecule has 2 nitrogen and oxygen atoms in total. The molecule has 0 amide bonds. The molecule has 2 aliphatic rings. The molecular weight excluding hydrogens is 773 g/mol. The molecule has 64 heavy (non-hydrogen) atoms. The molecule has 2 aromatic heterocycles. The minimum atomic E-state index is 1.10. The Bertz CT molecular complexity index is 2560. The van der Waals surface area contributed by atoms with Gasteiger partial charge in [-0.1, -0.05) is 238 Å². The van der Waals surface area contributed by atoms with Crippen LogP contribution < -0.4 is 0 Å². The van der Waals surface area contributed by atoms with Crippen LogP contribution in [0.2, 0.25) is 0 Å². The summed E-state index contributed by atoms with van der Waals surface area (Å²) in [7, 11) is 4.23. The van der Waals surface area contributed by atoms with Gasteiger partial charge < -0.3 is 9.13 Å². The van der Waals surface area contributed by atoms with Crippen molar-refractivity contribution in [2.75, 3.05) is 0 Å². The topological polar surface area (TPSA) is 9.86 Å². The van der Waals surface area contributed by atoms with Gasteiger partial charge in [0.15, 0.2) is 0 Å². The largest absolute Gasteiger partial charge is 0.344 e. The van der Waals surface area contributed by atoms with E-state index < -0.39 is 0 Å². The van der Waals surface area contributed by atoms with Crippen LogP contribution in [0.4, 0.5) is 0 Å². The van der Waals surface area contributed by atoms with Crippen molar-refractivity contribution in [3.05, 3.63) is 216 Å². The van der Waals surface area contributed by atoms with Gasteiger partial charge >= 0.3 is 0 Å². The van der Waals surface area contributed by atoms with E-state index in [9.17, 15) is 0 Å². The molecule has 328 valence electrons. The summed E-state index contributed by atoms with van der Waals surface area (Å²) in [6.45, 7) is 16.5. The van der Waals surface area contributed by atoms with Gasteiger partial charge in [-0.05, 0) is 81.6 Å². The summed E-state index contributed by atoms with van der Waals surface area (Å²) in [5.41, 5.74) is 16.7. The van der Waals surface area contributed by atoms with Crippen LogP contribution in [-0.2, 0) is 26.9 Å². The average Bonchev–Trinajstić information content (AvgIpc) is 4.10. The molecule has 2 heterocycles. The van der Waals surface area contributed by atoms with E-state index in [-0.39, 0.29) is 0 Å². The molecule has 0 N–H and O–H groups in total. The van der Waals surface area contributed by atoms with E-state index in [2.05, 4.69) is 245 Å². The summed E-state index contributed by atoms with van der Waals surface area (Å²) in [6, 6.07) is 68.7. The maximum atomic E-state index is 2.24. The second kappa shape index (κ2) is 24.9. The normalized spacial score (nSPS) is 10.7. The first-order valence-electron chi connectivity index (χ1n) is 23.7. The molecule has 0 bridgehead atoms. The maximum Gasteiger partial charge on any atom is 0.0488 e. The van der Waals surface area contributed by atoms with Crippen molar-refractivity contribution in [1.29, 1.82) is 0 Å². The van der Waals surface area contributed by atoms with Crippen LogP contribution in [0.1, 0.15) is 90.5 Å². The Balaban J connectivity index is 0.000000150. The fraction of sp³-hybridized carbons (Fsp3) is 0.226. The van der Waals surface area contributed by atoms with Gasteiger partial charge in [0, 0.05) is 57.7 Å². The fourth-order valence-electron chi connectivity index (χ4n) is 8.39. The van der Waals surface area contributed by atoms with Crippen molar-refractivity contribution in [3.8, 4) is 22.3 Å². The smallest absolute Gasteiger partial charge is 0.0488 e. The van der Waals surface area contributed by atoms with Gasteiger partial charge in [0.25, 0.3) is 0 Å². The van der Waals surface area contributed by atoms with E-state index in [0.717, 1.165) is 12.8 Å². The molecule has 2 heteroatoms. The first-order chi connectivity index (χ1) is 31.5. The number of fused-ring (bicyclic) bond motifs is 12. The van der Waals surface area contributed by atoms with E-state index in [1.54, 1.807) is 0 Å². The highest BCUT2D eigenvalue weighted by Gasteiger charge is 2.17. The summed E-state index contributed by atoms with van der Waals surface area (Å²) in [5, 5.41) is 5.35. The lowest BCUT2D eigenvalue weighted by atomic mass is 10.1. The molecule has 10 aromatic rings. The van der Waals surface area contributed by atoms with Crippen LogP contribution in [0.25, 0.3) is 65.9 Å². The molecule has 8 aromatic carbocycles. The van der Waals surface area contributed by atoms with Crippen molar-refractivity contribution < 1.29 is 0 Å². The third-order valence-electron chi connectivity index (χ3n) is 11.1. The quantitative estimate of drug-likeness (QED) is 0.144. The molecule has 0 unspecified atom stereocenters. The lowest BCUT2D eigenvalue weighted by Crippen LogP contribution is -1.84. The Morgan fingerprint density at radius 1 is 0.281 bits per heavy atom. The van der Waals surface area contributed by atoms with Gasteiger partial charge in [-0.3, -0.25) is 0 Å². The van der Waals surface area contributed by atoms with E-state index in [1.807, 2.05) is 27.7 Å². The van der Waals surface area contributed by atoms with Crippen LogP contribution in [0, 0.1) is 0 Å². The van der Waals surface area contributed by atoms with Gasteiger partial charge in [0.1, 0.15) is 0 Å². The Morgan fingerprint density at radius 2 is 0.453 bits per heavy atom. The van der Waals surface area contributed by atoms with E-state index in [4.69, 9.17) is 0 Å². The van der Waals surface area contributed by atoms with Gasteiger partial charge in [-0.2, -0.15) is 0 Å². The van der Waals surface area contributed by atoms with Crippen molar-refractivity contribution in [3.63, 3.8) is 0 Å². The molecule has 0 saturated heterocycles. The van der Waals surface area contributed by atoms with Crippen LogP contribution >= 0.6 is 0 Å². The highest BCUT2D eigenvalue weighted by molar-refractivity contribution is 6.08. The Hall–Kier alpha value is -6.64. The highest BCUT2D eigenvalue weighted by Crippen LogP contribution is 2.37. The summed E-state index contributed by atoms with van der Waals surface area (Å²) in [6.07, 6.45) is 4.71. The number of nitrogens with zero attached hydrogens (tertiary/aromatic N) is 2. The first kappa shape index (κ1) is 48.4. The molecular formula is C62H70N2. The maximum absolute atomic E-state index is 2.24. The van der Waals surface area contributed by atoms with Crippen molar-refractivity contribution in [2.24, 2.45) is 14.1 Å². The molecule has 0 spiro atoms. The SMILES string of the molecule is CC.CC.CCC.CCC.Cn1c2ccccc2c2ccccc21.Cn1c2ccccc2c2ccccc21.c1ccc2c(c1)Cc1ccccc1-2.c1ccc2c(c1)Cc1ccccc1-2. The number of hydrogen-bond acceptors (Lipinski definition) is 0. The second-order valence-corrected chi connectivity index (χ2v) is 15.6. The Morgan fingerprint density at radius 3 is 0.672 bits per heavy atom. The predicted molar refractivity (Wildman–Crippen MR) is 285 cm³/mol. The summed E-state index contributed by atoms with van der Waals surface area (Å²) >= 11 is 0. The summed E-state index contributed by atoms with van der Waals surface area (Å²) in [4.78, 5) is 0.